The fraction of sp³-hybridized carbons (Fsp3) is 0.391. The van der Waals surface area contributed by atoms with Crippen molar-refractivity contribution >= 4 is 27.7 Å². The summed E-state index contributed by atoms with van der Waals surface area (Å²) in [4.78, 5) is 25.8. The molecule has 3 rings (SSSR count). The lowest BCUT2D eigenvalue weighted by Gasteiger charge is -2.29. The largest absolute Gasteiger partial charge is 0.494 e. The first kappa shape index (κ1) is 22.2. The highest BCUT2D eigenvalue weighted by atomic mass is 79.9. The summed E-state index contributed by atoms with van der Waals surface area (Å²) in [6, 6.07) is 11.8. The molecule has 2 aromatic rings. The van der Waals surface area contributed by atoms with Gasteiger partial charge in [0.2, 0.25) is 5.91 Å². The number of nitrogens with one attached hydrogen (secondary N) is 2. The Balaban J connectivity index is 1.70. The molecule has 0 bridgehead atoms. The van der Waals surface area contributed by atoms with E-state index in [9.17, 15) is 9.59 Å². The van der Waals surface area contributed by atoms with E-state index in [0.29, 0.717) is 30.9 Å². The van der Waals surface area contributed by atoms with E-state index < -0.39 is 6.04 Å². The van der Waals surface area contributed by atoms with Crippen molar-refractivity contribution in [2.24, 2.45) is 5.92 Å². The maximum Gasteiger partial charge on any atom is 0.251 e. The van der Waals surface area contributed by atoms with Gasteiger partial charge in [-0.15, -0.1) is 0 Å². The molecule has 0 saturated heterocycles. The molecule has 2 aromatic carbocycles. The molecule has 2 N–H and O–H groups in total. The van der Waals surface area contributed by atoms with E-state index in [1.54, 1.807) is 24.3 Å². The monoisotopic (exact) mass is 474 g/mol. The zero-order valence-corrected chi connectivity index (χ0v) is 19.0. The summed E-state index contributed by atoms with van der Waals surface area (Å²) in [5.41, 5.74) is 1.42. The second-order valence-electron chi connectivity index (χ2n) is 7.53. The SMILES string of the molecule is CCOc1ccc(C(=O)NC(C(=O)NC2CCOc3ccc(Br)cc32)C(C)C)cc1. The predicted molar refractivity (Wildman–Crippen MR) is 119 cm³/mol. The zero-order chi connectivity index (χ0) is 21.7. The smallest absolute Gasteiger partial charge is 0.251 e. The molecule has 0 radical (unpaired) electrons. The van der Waals surface area contributed by atoms with Crippen molar-refractivity contribution in [3.8, 4) is 11.5 Å². The molecule has 160 valence electrons. The Morgan fingerprint density at radius 2 is 1.93 bits per heavy atom. The van der Waals surface area contributed by atoms with E-state index in [1.807, 2.05) is 39.0 Å². The average Bonchev–Trinajstić information content (AvgIpc) is 2.72. The number of hydrogen-bond donors (Lipinski definition) is 2. The molecule has 1 aliphatic heterocycles. The Morgan fingerprint density at radius 3 is 2.60 bits per heavy atom. The highest BCUT2D eigenvalue weighted by molar-refractivity contribution is 9.10. The Kier molecular flexibility index (Phi) is 7.37. The standard InChI is InChI=1S/C23H27BrN2O4/c1-4-29-17-8-5-15(6-9-17)22(27)26-21(14(2)3)23(28)25-19-11-12-30-20-10-7-16(24)13-18(19)20/h5-10,13-14,19,21H,4,11-12H2,1-3H3,(H,25,28)(H,26,27). The van der Waals surface area contributed by atoms with Gasteiger partial charge in [-0.3, -0.25) is 9.59 Å². The number of hydrogen-bond acceptors (Lipinski definition) is 4. The highest BCUT2D eigenvalue weighted by Crippen LogP contribution is 2.34. The van der Waals surface area contributed by atoms with Crippen molar-refractivity contribution in [3.63, 3.8) is 0 Å². The average molecular weight is 475 g/mol. The van der Waals surface area contributed by atoms with Crippen LogP contribution in [0.15, 0.2) is 46.9 Å². The van der Waals surface area contributed by atoms with Crippen molar-refractivity contribution in [2.45, 2.75) is 39.3 Å². The Bertz CT molecular complexity index is 899. The van der Waals surface area contributed by atoms with Gasteiger partial charge in [0.1, 0.15) is 17.5 Å². The number of rotatable bonds is 7. The number of carbonyl (C=O) groups is 2. The quantitative estimate of drug-likeness (QED) is 0.628. The molecular weight excluding hydrogens is 448 g/mol. The van der Waals surface area contributed by atoms with E-state index in [2.05, 4.69) is 26.6 Å². The van der Waals surface area contributed by atoms with Crippen molar-refractivity contribution in [1.82, 2.24) is 10.6 Å². The summed E-state index contributed by atoms with van der Waals surface area (Å²) in [6.45, 7) is 6.83. The number of halogens is 1. The van der Waals surface area contributed by atoms with Crippen molar-refractivity contribution in [2.75, 3.05) is 13.2 Å². The van der Waals surface area contributed by atoms with Gasteiger partial charge in [0.05, 0.1) is 19.3 Å². The van der Waals surface area contributed by atoms with Crippen LogP contribution in [0.5, 0.6) is 11.5 Å². The Hall–Kier alpha value is -2.54. The third-order valence-electron chi connectivity index (χ3n) is 4.99. The third-order valence-corrected chi connectivity index (χ3v) is 5.48. The van der Waals surface area contributed by atoms with Gasteiger partial charge in [-0.05, 0) is 55.3 Å². The first-order valence-corrected chi connectivity index (χ1v) is 10.9. The minimum atomic E-state index is -0.650. The molecule has 0 aliphatic carbocycles. The summed E-state index contributed by atoms with van der Waals surface area (Å²) in [5.74, 6) is 0.911. The Morgan fingerprint density at radius 1 is 1.20 bits per heavy atom. The summed E-state index contributed by atoms with van der Waals surface area (Å²) in [5, 5.41) is 5.97. The fourth-order valence-corrected chi connectivity index (χ4v) is 3.78. The molecule has 2 atom stereocenters. The van der Waals surface area contributed by atoms with Crippen molar-refractivity contribution in [3.05, 3.63) is 58.1 Å². The van der Waals surface area contributed by atoms with E-state index >= 15 is 0 Å². The molecule has 30 heavy (non-hydrogen) atoms. The molecule has 6 nitrogen and oxygen atoms in total. The van der Waals surface area contributed by atoms with Crippen molar-refractivity contribution < 1.29 is 19.1 Å². The molecule has 7 heteroatoms. The van der Waals surface area contributed by atoms with Crippen LogP contribution >= 0.6 is 15.9 Å². The van der Waals surface area contributed by atoms with Gasteiger partial charge in [-0.2, -0.15) is 0 Å². The first-order chi connectivity index (χ1) is 14.4. The molecule has 0 saturated carbocycles. The lowest BCUT2D eigenvalue weighted by molar-refractivity contribution is -0.124. The Labute approximate surface area is 185 Å². The number of carbonyl (C=O) groups excluding carboxylic acids is 2. The van der Waals surface area contributed by atoms with Gasteiger partial charge in [0.25, 0.3) is 5.91 Å². The molecule has 1 heterocycles. The second-order valence-corrected chi connectivity index (χ2v) is 8.45. The van der Waals surface area contributed by atoms with Crippen LogP contribution in [0, 0.1) is 5.92 Å². The van der Waals surface area contributed by atoms with Crippen LogP contribution in [-0.4, -0.2) is 31.1 Å². The normalized spacial score (nSPS) is 16.2. The summed E-state index contributed by atoms with van der Waals surface area (Å²) in [7, 11) is 0. The van der Waals surface area contributed by atoms with Crippen LogP contribution in [-0.2, 0) is 4.79 Å². The lowest BCUT2D eigenvalue weighted by Crippen LogP contribution is -2.50. The maximum absolute atomic E-state index is 13.1. The van der Waals surface area contributed by atoms with E-state index in [1.165, 1.54) is 0 Å². The number of fused-ring (bicyclic) bond motifs is 1. The summed E-state index contributed by atoms with van der Waals surface area (Å²) >= 11 is 3.48. The summed E-state index contributed by atoms with van der Waals surface area (Å²) in [6.07, 6.45) is 0.673. The van der Waals surface area contributed by atoms with Gasteiger partial charge >= 0.3 is 0 Å². The highest BCUT2D eigenvalue weighted by Gasteiger charge is 2.29. The second kappa shape index (κ2) is 9.98. The third kappa shape index (κ3) is 5.33. The number of benzene rings is 2. The van der Waals surface area contributed by atoms with Gasteiger partial charge in [-0.1, -0.05) is 29.8 Å². The minimum Gasteiger partial charge on any atom is -0.494 e. The van der Waals surface area contributed by atoms with Gasteiger partial charge in [0, 0.05) is 22.0 Å². The molecule has 0 spiro atoms. The van der Waals surface area contributed by atoms with Crippen LogP contribution in [0.2, 0.25) is 0 Å². The van der Waals surface area contributed by atoms with Gasteiger partial charge in [-0.25, -0.2) is 0 Å². The van der Waals surface area contributed by atoms with E-state index in [0.717, 1.165) is 15.8 Å². The lowest BCUT2D eigenvalue weighted by atomic mass is 9.98. The fourth-order valence-electron chi connectivity index (χ4n) is 3.41. The van der Waals surface area contributed by atoms with Crippen LogP contribution in [0.3, 0.4) is 0 Å². The minimum absolute atomic E-state index is 0.0709. The van der Waals surface area contributed by atoms with Crippen molar-refractivity contribution in [1.29, 1.82) is 0 Å². The molecule has 0 fully saturated rings. The van der Waals surface area contributed by atoms with E-state index in [4.69, 9.17) is 9.47 Å². The maximum atomic E-state index is 13.1. The summed E-state index contributed by atoms with van der Waals surface area (Å²) < 4.78 is 12.0. The van der Waals surface area contributed by atoms with Crippen LogP contribution < -0.4 is 20.1 Å². The zero-order valence-electron chi connectivity index (χ0n) is 17.4. The molecule has 2 amide bonds. The molecule has 1 aliphatic rings. The molecular formula is C23H27BrN2O4. The predicted octanol–water partition coefficient (Wildman–Crippen LogP) is 4.24. The number of amides is 2. The number of ether oxygens (including phenoxy) is 2. The topological polar surface area (TPSA) is 76.7 Å². The van der Waals surface area contributed by atoms with Crippen LogP contribution in [0.1, 0.15) is 49.2 Å². The van der Waals surface area contributed by atoms with Crippen LogP contribution in [0.25, 0.3) is 0 Å². The molecule has 2 unspecified atom stereocenters. The molecule has 0 aromatic heterocycles. The van der Waals surface area contributed by atoms with Crippen LogP contribution in [0.4, 0.5) is 0 Å². The van der Waals surface area contributed by atoms with E-state index in [-0.39, 0.29) is 23.8 Å². The first-order valence-electron chi connectivity index (χ1n) is 10.2. The van der Waals surface area contributed by atoms with Gasteiger partial charge < -0.3 is 20.1 Å². The van der Waals surface area contributed by atoms with Gasteiger partial charge in [0.15, 0.2) is 0 Å².